The van der Waals surface area contributed by atoms with Gasteiger partial charge < -0.3 is 14.2 Å². The molecule has 2 aromatic rings. The maximum Gasteiger partial charge on any atom is 0.136 e. The first kappa shape index (κ1) is 26.6. The fourth-order valence-corrected chi connectivity index (χ4v) is 5.25. The number of hydrogen-bond acceptors (Lipinski definition) is 5. The Morgan fingerprint density at radius 3 is 2.55 bits per heavy atom. The lowest BCUT2D eigenvalue weighted by atomic mass is 9.85. The first-order chi connectivity index (χ1) is 15.6. The SMILES string of the molecule is C=CCOc1cc(Cl)c(Cl)cc1C(N[S+]([O-])C(C)(C)C)C1CCN(c2ccc(Br)cn2)CC1. The number of nitrogens with one attached hydrogen (secondary N) is 1. The molecule has 2 atom stereocenters. The van der Waals surface area contributed by atoms with E-state index in [0.29, 0.717) is 22.4 Å². The van der Waals surface area contributed by atoms with Crippen molar-refractivity contribution in [3.05, 3.63) is 63.2 Å². The number of piperidine rings is 1. The van der Waals surface area contributed by atoms with Crippen LogP contribution in [0.15, 0.2) is 47.6 Å². The Labute approximate surface area is 218 Å². The van der Waals surface area contributed by atoms with Gasteiger partial charge in [-0.1, -0.05) is 35.9 Å². The highest BCUT2D eigenvalue weighted by Gasteiger charge is 2.37. The molecule has 1 aromatic heterocycles. The van der Waals surface area contributed by atoms with Crippen molar-refractivity contribution in [1.29, 1.82) is 0 Å². The Kier molecular flexibility index (Phi) is 9.40. The van der Waals surface area contributed by atoms with E-state index in [1.807, 2.05) is 45.2 Å². The van der Waals surface area contributed by atoms with Crippen molar-refractivity contribution in [2.75, 3.05) is 24.6 Å². The van der Waals surface area contributed by atoms with E-state index in [9.17, 15) is 4.55 Å². The van der Waals surface area contributed by atoms with Gasteiger partial charge in [-0.25, -0.2) is 4.98 Å². The van der Waals surface area contributed by atoms with Gasteiger partial charge in [-0.2, -0.15) is 0 Å². The van der Waals surface area contributed by atoms with Crippen molar-refractivity contribution in [2.45, 2.75) is 44.4 Å². The predicted molar refractivity (Wildman–Crippen MR) is 143 cm³/mol. The number of halogens is 3. The average molecular weight is 575 g/mol. The van der Waals surface area contributed by atoms with Crippen molar-refractivity contribution in [1.82, 2.24) is 9.71 Å². The van der Waals surface area contributed by atoms with Crippen molar-refractivity contribution in [3.8, 4) is 5.75 Å². The van der Waals surface area contributed by atoms with Crippen molar-refractivity contribution in [2.24, 2.45) is 5.92 Å². The van der Waals surface area contributed by atoms with Crippen molar-refractivity contribution < 1.29 is 9.29 Å². The van der Waals surface area contributed by atoms with E-state index in [1.54, 1.807) is 12.1 Å². The van der Waals surface area contributed by atoms with Crippen LogP contribution in [0.25, 0.3) is 0 Å². The molecule has 9 heteroatoms. The van der Waals surface area contributed by atoms with Crippen LogP contribution in [0.1, 0.15) is 45.2 Å². The van der Waals surface area contributed by atoms with Gasteiger partial charge in [-0.15, -0.1) is 4.72 Å². The molecule has 0 amide bonds. The molecular formula is C24H30BrCl2N3O2S. The third-order valence-corrected chi connectivity index (χ3v) is 8.35. The van der Waals surface area contributed by atoms with Gasteiger partial charge in [0.25, 0.3) is 0 Å². The number of ether oxygens (including phenoxy) is 1. The number of rotatable bonds is 8. The Hall–Kier alpha value is -0.960. The largest absolute Gasteiger partial charge is 0.598 e. The zero-order valence-corrected chi connectivity index (χ0v) is 23.0. The summed E-state index contributed by atoms with van der Waals surface area (Å²) in [6.07, 6.45) is 5.30. The summed E-state index contributed by atoms with van der Waals surface area (Å²) in [5.74, 6) is 1.82. The minimum Gasteiger partial charge on any atom is -0.598 e. The number of pyridine rings is 1. The molecule has 0 spiro atoms. The van der Waals surface area contributed by atoms with Gasteiger partial charge in [0.2, 0.25) is 0 Å². The molecule has 1 aliphatic rings. The smallest absolute Gasteiger partial charge is 0.136 e. The van der Waals surface area contributed by atoms with E-state index in [-0.39, 0.29) is 12.0 Å². The minimum atomic E-state index is -1.28. The second-order valence-corrected chi connectivity index (χ2v) is 12.8. The zero-order chi connectivity index (χ0) is 24.2. The molecule has 33 heavy (non-hydrogen) atoms. The number of nitrogens with zero attached hydrogens (tertiary/aromatic N) is 2. The average Bonchev–Trinajstić information content (AvgIpc) is 2.78. The molecular weight excluding hydrogens is 545 g/mol. The zero-order valence-electron chi connectivity index (χ0n) is 19.1. The molecule has 1 N–H and O–H groups in total. The minimum absolute atomic E-state index is 0.209. The van der Waals surface area contributed by atoms with Gasteiger partial charge in [0, 0.05) is 46.8 Å². The van der Waals surface area contributed by atoms with Crippen molar-refractivity contribution >= 4 is 56.3 Å². The molecule has 5 nitrogen and oxygen atoms in total. The summed E-state index contributed by atoms with van der Waals surface area (Å²) in [5, 5.41) is 0.869. The lowest BCUT2D eigenvalue weighted by Crippen LogP contribution is -2.46. The van der Waals surface area contributed by atoms with Crippen molar-refractivity contribution in [3.63, 3.8) is 0 Å². The second kappa shape index (κ2) is 11.6. The van der Waals surface area contributed by atoms with E-state index < -0.39 is 16.1 Å². The topological polar surface area (TPSA) is 60.4 Å². The third-order valence-electron chi connectivity index (χ3n) is 5.58. The fraction of sp³-hybridized carbons (Fsp3) is 0.458. The lowest BCUT2D eigenvalue weighted by molar-refractivity contribution is 0.306. The molecule has 0 radical (unpaired) electrons. The summed E-state index contributed by atoms with van der Waals surface area (Å²) in [4.78, 5) is 6.82. The normalized spacial score (nSPS) is 17.0. The summed E-state index contributed by atoms with van der Waals surface area (Å²) >= 11 is 14.9. The lowest BCUT2D eigenvalue weighted by Gasteiger charge is -2.38. The van der Waals surface area contributed by atoms with E-state index in [0.717, 1.165) is 41.8 Å². The summed E-state index contributed by atoms with van der Waals surface area (Å²) in [6.45, 7) is 11.7. The van der Waals surface area contributed by atoms with E-state index in [1.165, 1.54) is 0 Å². The van der Waals surface area contributed by atoms with Crippen LogP contribution >= 0.6 is 39.1 Å². The highest BCUT2D eigenvalue weighted by molar-refractivity contribution is 9.10. The number of aromatic nitrogens is 1. The molecule has 1 saturated heterocycles. The summed E-state index contributed by atoms with van der Waals surface area (Å²) in [5.41, 5.74) is 0.865. The summed E-state index contributed by atoms with van der Waals surface area (Å²) < 4.78 is 23.0. The molecule has 2 unspecified atom stereocenters. The quantitative estimate of drug-likeness (QED) is 0.280. The Bertz CT molecular complexity index is 948. The van der Waals surface area contributed by atoms with E-state index >= 15 is 0 Å². The van der Waals surface area contributed by atoms with Crippen LogP contribution in [0.3, 0.4) is 0 Å². The molecule has 3 rings (SSSR count). The van der Waals surface area contributed by atoms with Gasteiger partial charge in [0.1, 0.15) is 22.9 Å². The second-order valence-electron chi connectivity index (χ2n) is 9.04. The fourth-order valence-electron chi connectivity index (χ4n) is 3.78. The van der Waals surface area contributed by atoms with Crippen LogP contribution in [0.5, 0.6) is 5.75 Å². The van der Waals surface area contributed by atoms with Gasteiger partial charge in [0.05, 0.1) is 16.1 Å². The number of hydrogen-bond donors (Lipinski definition) is 1. The van der Waals surface area contributed by atoms with E-state index in [2.05, 4.69) is 37.1 Å². The van der Waals surface area contributed by atoms with Gasteiger partial charge >= 0.3 is 0 Å². The Morgan fingerprint density at radius 2 is 1.97 bits per heavy atom. The Morgan fingerprint density at radius 1 is 1.30 bits per heavy atom. The molecule has 0 saturated carbocycles. The molecule has 180 valence electrons. The first-order valence-corrected chi connectivity index (χ1v) is 13.6. The standard InChI is InChI=1S/C24H30BrCl2N3O2S/c1-5-12-32-21-14-20(27)19(26)13-18(21)23(29-33(31)24(2,3)4)16-8-10-30(11-9-16)22-7-6-17(25)15-28-22/h5-7,13-16,23,29H,1,8-12H2,2-4H3. The highest BCUT2D eigenvalue weighted by Crippen LogP contribution is 2.41. The first-order valence-electron chi connectivity index (χ1n) is 10.9. The van der Waals surface area contributed by atoms with Crippen LogP contribution in [0.2, 0.25) is 10.0 Å². The maximum absolute atomic E-state index is 13.1. The van der Waals surface area contributed by atoms with Gasteiger partial charge in [-0.3, -0.25) is 0 Å². The van der Waals surface area contributed by atoms with Gasteiger partial charge in [-0.05, 0) is 73.7 Å². The summed E-state index contributed by atoms with van der Waals surface area (Å²) in [7, 11) is 0. The van der Waals surface area contributed by atoms with Crippen LogP contribution in [-0.2, 0) is 11.4 Å². The van der Waals surface area contributed by atoms with Crippen LogP contribution in [0.4, 0.5) is 5.82 Å². The third kappa shape index (κ3) is 7.03. The van der Waals surface area contributed by atoms with Gasteiger partial charge in [0.15, 0.2) is 0 Å². The van der Waals surface area contributed by atoms with E-state index in [4.69, 9.17) is 27.9 Å². The summed E-state index contributed by atoms with van der Waals surface area (Å²) in [6, 6.07) is 7.39. The number of benzene rings is 1. The molecule has 0 bridgehead atoms. The molecule has 2 heterocycles. The molecule has 1 aromatic carbocycles. The monoisotopic (exact) mass is 573 g/mol. The molecule has 0 aliphatic carbocycles. The predicted octanol–water partition coefficient (Wildman–Crippen LogP) is 6.73. The Balaban J connectivity index is 1.89. The van der Waals surface area contributed by atoms with Crippen LogP contribution in [-0.4, -0.2) is 34.0 Å². The van der Waals surface area contributed by atoms with Crippen LogP contribution < -0.4 is 14.4 Å². The maximum atomic E-state index is 13.1. The van der Waals surface area contributed by atoms with Crippen LogP contribution in [0, 0.1) is 5.92 Å². The molecule has 1 aliphatic heterocycles. The molecule has 1 fully saturated rings. The number of anilines is 1. The highest BCUT2D eigenvalue weighted by atomic mass is 79.9.